The highest BCUT2D eigenvalue weighted by Gasteiger charge is 2.12. The third-order valence-electron chi connectivity index (χ3n) is 3.04. The Morgan fingerprint density at radius 1 is 1.16 bits per heavy atom. The van der Waals surface area contributed by atoms with E-state index in [0.29, 0.717) is 5.92 Å². The molecule has 19 heavy (non-hydrogen) atoms. The van der Waals surface area contributed by atoms with E-state index in [4.69, 9.17) is 0 Å². The number of benzene rings is 1. The standard InChI is InChI=1S/C15H18BrN3/c1-10(2)15-17-13(16)9-14(18-15)19(4)12-8-6-5-7-11(12)3/h5-10H,1-4H3. The Bertz CT molecular complexity index is 581. The van der Waals surface area contributed by atoms with Gasteiger partial charge in [-0.05, 0) is 34.5 Å². The Balaban J connectivity index is 2.44. The molecule has 2 aromatic rings. The first-order valence-electron chi connectivity index (χ1n) is 6.33. The summed E-state index contributed by atoms with van der Waals surface area (Å²) in [6.07, 6.45) is 0. The summed E-state index contributed by atoms with van der Waals surface area (Å²) in [7, 11) is 2.03. The molecule has 0 spiro atoms. The minimum absolute atomic E-state index is 0.307. The lowest BCUT2D eigenvalue weighted by molar-refractivity contribution is 0.767. The molecule has 1 aromatic heterocycles. The molecule has 0 aliphatic carbocycles. The molecule has 0 unspecified atom stereocenters. The highest BCUT2D eigenvalue weighted by molar-refractivity contribution is 9.10. The normalized spacial score (nSPS) is 10.8. The van der Waals surface area contributed by atoms with Crippen LogP contribution in [0.5, 0.6) is 0 Å². The van der Waals surface area contributed by atoms with Crippen LogP contribution in [0, 0.1) is 6.92 Å². The summed E-state index contributed by atoms with van der Waals surface area (Å²) < 4.78 is 0.821. The largest absolute Gasteiger partial charge is 0.329 e. The van der Waals surface area contributed by atoms with Crippen LogP contribution in [-0.4, -0.2) is 17.0 Å². The second kappa shape index (κ2) is 5.70. The third-order valence-corrected chi connectivity index (χ3v) is 3.44. The molecule has 0 N–H and O–H groups in total. The van der Waals surface area contributed by atoms with Gasteiger partial charge in [0.2, 0.25) is 0 Å². The number of aromatic nitrogens is 2. The van der Waals surface area contributed by atoms with Crippen LogP contribution < -0.4 is 4.90 Å². The van der Waals surface area contributed by atoms with E-state index in [9.17, 15) is 0 Å². The molecule has 4 heteroatoms. The number of anilines is 2. The van der Waals surface area contributed by atoms with Gasteiger partial charge < -0.3 is 4.90 Å². The number of hydrogen-bond acceptors (Lipinski definition) is 3. The zero-order valence-corrected chi connectivity index (χ0v) is 13.3. The predicted molar refractivity (Wildman–Crippen MR) is 83.1 cm³/mol. The van der Waals surface area contributed by atoms with Gasteiger partial charge in [0, 0.05) is 24.7 Å². The monoisotopic (exact) mass is 319 g/mol. The van der Waals surface area contributed by atoms with Crippen molar-refractivity contribution in [1.29, 1.82) is 0 Å². The van der Waals surface area contributed by atoms with Crippen LogP contribution in [0.25, 0.3) is 0 Å². The SMILES string of the molecule is Cc1ccccc1N(C)c1cc(Br)nc(C(C)C)n1. The fraction of sp³-hybridized carbons (Fsp3) is 0.333. The van der Waals surface area contributed by atoms with E-state index in [-0.39, 0.29) is 0 Å². The van der Waals surface area contributed by atoms with Crippen molar-refractivity contribution >= 4 is 27.4 Å². The van der Waals surface area contributed by atoms with Crippen molar-refractivity contribution in [3.05, 3.63) is 46.3 Å². The van der Waals surface area contributed by atoms with E-state index in [1.54, 1.807) is 0 Å². The molecule has 0 atom stereocenters. The molecule has 2 rings (SSSR count). The topological polar surface area (TPSA) is 29.0 Å². The number of rotatable bonds is 3. The van der Waals surface area contributed by atoms with E-state index in [0.717, 1.165) is 21.9 Å². The Hall–Kier alpha value is -1.42. The predicted octanol–water partition coefficient (Wildman–Crippen LogP) is 4.44. The lowest BCUT2D eigenvalue weighted by atomic mass is 10.2. The van der Waals surface area contributed by atoms with Crippen molar-refractivity contribution in [2.24, 2.45) is 0 Å². The zero-order chi connectivity index (χ0) is 14.0. The van der Waals surface area contributed by atoms with Gasteiger partial charge >= 0.3 is 0 Å². The van der Waals surface area contributed by atoms with Gasteiger partial charge in [-0.1, -0.05) is 32.0 Å². The molecule has 100 valence electrons. The van der Waals surface area contributed by atoms with Gasteiger partial charge in [0.15, 0.2) is 0 Å². The van der Waals surface area contributed by atoms with Crippen LogP contribution in [0.3, 0.4) is 0 Å². The molecular formula is C15H18BrN3. The first-order valence-corrected chi connectivity index (χ1v) is 7.12. The quantitative estimate of drug-likeness (QED) is 0.783. The molecule has 0 saturated carbocycles. The number of aryl methyl sites for hydroxylation is 1. The second-order valence-electron chi connectivity index (χ2n) is 4.91. The average Bonchev–Trinajstić information content (AvgIpc) is 2.37. The number of halogens is 1. The van der Waals surface area contributed by atoms with Crippen LogP contribution >= 0.6 is 15.9 Å². The van der Waals surface area contributed by atoms with Gasteiger partial charge in [0.05, 0.1) is 0 Å². The van der Waals surface area contributed by atoms with E-state index in [2.05, 4.69) is 63.7 Å². The van der Waals surface area contributed by atoms with Gasteiger partial charge in [0.1, 0.15) is 16.2 Å². The van der Waals surface area contributed by atoms with Gasteiger partial charge in [0.25, 0.3) is 0 Å². The summed E-state index contributed by atoms with van der Waals surface area (Å²) in [4.78, 5) is 11.1. The van der Waals surface area contributed by atoms with Crippen molar-refractivity contribution in [1.82, 2.24) is 9.97 Å². The summed E-state index contributed by atoms with van der Waals surface area (Å²) in [6.45, 7) is 6.30. The Labute approximate surface area is 122 Å². The van der Waals surface area contributed by atoms with Crippen LogP contribution in [0.1, 0.15) is 31.2 Å². The molecule has 0 saturated heterocycles. The number of nitrogens with zero attached hydrogens (tertiary/aromatic N) is 3. The molecule has 0 amide bonds. The minimum atomic E-state index is 0.307. The van der Waals surface area contributed by atoms with E-state index >= 15 is 0 Å². The first kappa shape index (κ1) is 14.0. The molecule has 0 bridgehead atoms. The maximum Gasteiger partial charge on any atom is 0.137 e. The lowest BCUT2D eigenvalue weighted by Crippen LogP contribution is -2.14. The summed E-state index contributed by atoms with van der Waals surface area (Å²) in [6, 6.07) is 10.2. The maximum absolute atomic E-state index is 4.64. The van der Waals surface area contributed by atoms with Crippen LogP contribution in [0.4, 0.5) is 11.5 Å². The van der Waals surface area contributed by atoms with Crippen molar-refractivity contribution < 1.29 is 0 Å². The third kappa shape index (κ3) is 3.13. The van der Waals surface area contributed by atoms with Crippen LogP contribution in [0.15, 0.2) is 34.9 Å². The molecule has 3 nitrogen and oxygen atoms in total. The summed E-state index contributed by atoms with van der Waals surface area (Å²) >= 11 is 3.46. The fourth-order valence-electron chi connectivity index (χ4n) is 1.92. The van der Waals surface area contributed by atoms with Crippen LogP contribution in [-0.2, 0) is 0 Å². The van der Waals surface area contributed by atoms with Gasteiger partial charge in [-0.25, -0.2) is 9.97 Å². The maximum atomic E-state index is 4.64. The highest BCUT2D eigenvalue weighted by atomic mass is 79.9. The van der Waals surface area contributed by atoms with Crippen molar-refractivity contribution in [2.45, 2.75) is 26.7 Å². The zero-order valence-electron chi connectivity index (χ0n) is 11.7. The van der Waals surface area contributed by atoms with Gasteiger partial charge in [-0.15, -0.1) is 0 Å². The molecule has 0 aliphatic rings. The molecular weight excluding hydrogens is 302 g/mol. The van der Waals surface area contributed by atoms with Gasteiger partial charge in [-0.3, -0.25) is 0 Å². The minimum Gasteiger partial charge on any atom is -0.329 e. The van der Waals surface area contributed by atoms with Crippen molar-refractivity contribution in [3.63, 3.8) is 0 Å². The summed E-state index contributed by atoms with van der Waals surface area (Å²) in [5.41, 5.74) is 2.38. The smallest absolute Gasteiger partial charge is 0.137 e. The number of para-hydroxylation sites is 1. The molecule has 0 fully saturated rings. The van der Waals surface area contributed by atoms with Gasteiger partial charge in [-0.2, -0.15) is 0 Å². The first-order chi connectivity index (χ1) is 8.99. The molecule has 0 radical (unpaired) electrons. The summed E-state index contributed by atoms with van der Waals surface area (Å²) in [5, 5.41) is 0. The molecule has 1 heterocycles. The van der Waals surface area contributed by atoms with E-state index in [1.807, 2.05) is 25.2 Å². The molecule has 0 aliphatic heterocycles. The van der Waals surface area contributed by atoms with Crippen molar-refractivity contribution in [2.75, 3.05) is 11.9 Å². The van der Waals surface area contributed by atoms with Crippen molar-refractivity contribution in [3.8, 4) is 0 Å². The highest BCUT2D eigenvalue weighted by Crippen LogP contribution is 2.27. The van der Waals surface area contributed by atoms with Crippen LogP contribution in [0.2, 0.25) is 0 Å². The fourth-order valence-corrected chi connectivity index (χ4v) is 2.30. The summed E-state index contributed by atoms with van der Waals surface area (Å²) in [5.74, 6) is 2.06. The molecule has 1 aromatic carbocycles. The Kier molecular flexibility index (Phi) is 4.20. The second-order valence-corrected chi connectivity index (χ2v) is 5.72. The van der Waals surface area contributed by atoms with E-state index < -0.39 is 0 Å². The average molecular weight is 320 g/mol. The Morgan fingerprint density at radius 3 is 2.47 bits per heavy atom. The Morgan fingerprint density at radius 2 is 1.84 bits per heavy atom. The van der Waals surface area contributed by atoms with E-state index in [1.165, 1.54) is 5.56 Å². The number of hydrogen-bond donors (Lipinski definition) is 0. The lowest BCUT2D eigenvalue weighted by Gasteiger charge is -2.21.